The van der Waals surface area contributed by atoms with Crippen molar-refractivity contribution in [3.8, 4) is 0 Å². The number of nitrogens with zero attached hydrogens (tertiary/aromatic N) is 2. The van der Waals surface area contributed by atoms with Crippen LogP contribution in [0.25, 0.3) is 0 Å². The molecule has 1 aromatic rings. The van der Waals surface area contributed by atoms with E-state index in [1.807, 2.05) is 6.33 Å². The summed E-state index contributed by atoms with van der Waals surface area (Å²) in [4.78, 5) is 4.33. The summed E-state index contributed by atoms with van der Waals surface area (Å²) >= 11 is 0. The smallest absolute Gasteiger partial charge is 0.0951 e. The summed E-state index contributed by atoms with van der Waals surface area (Å²) in [5.41, 5.74) is 2.44. The quantitative estimate of drug-likeness (QED) is 0.869. The van der Waals surface area contributed by atoms with Crippen LogP contribution in [0.5, 0.6) is 0 Å². The maximum Gasteiger partial charge on any atom is 0.0951 e. The van der Waals surface area contributed by atoms with Gasteiger partial charge in [-0.3, -0.25) is 0 Å². The molecule has 2 rings (SSSR count). The zero-order valence-electron chi connectivity index (χ0n) is 11.4. The predicted octanol–water partition coefficient (Wildman–Crippen LogP) is 2.67. The Bertz CT molecular complexity index is 348. The SMILES string of the molecule is Cc1ncn(CCNC2CCC(C)CC2)c1C. The van der Waals surface area contributed by atoms with Crippen molar-refractivity contribution in [2.24, 2.45) is 5.92 Å². The van der Waals surface area contributed by atoms with Gasteiger partial charge in [0.25, 0.3) is 0 Å². The van der Waals surface area contributed by atoms with Crippen LogP contribution in [0.4, 0.5) is 0 Å². The molecule has 0 aliphatic heterocycles. The van der Waals surface area contributed by atoms with Crippen LogP contribution in [-0.4, -0.2) is 22.1 Å². The van der Waals surface area contributed by atoms with Crippen molar-refractivity contribution in [2.45, 2.75) is 59.0 Å². The van der Waals surface area contributed by atoms with Crippen LogP contribution in [0, 0.1) is 19.8 Å². The van der Waals surface area contributed by atoms with Crippen LogP contribution in [0.15, 0.2) is 6.33 Å². The average Bonchev–Trinajstić information content (AvgIpc) is 2.64. The minimum Gasteiger partial charge on any atom is -0.333 e. The molecule has 1 aromatic heterocycles. The lowest BCUT2D eigenvalue weighted by atomic mass is 9.87. The number of aryl methyl sites for hydroxylation is 1. The van der Waals surface area contributed by atoms with Crippen LogP contribution in [0.1, 0.15) is 44.0 Å². The number of nitrogens with one attached hydrogen (secondary N) is 1. The van der Waals surface area contributed by atoms with Crippen molar-refractivity contribution < 1.29 is 0 Å². The summed E-state index contributed by atoms with van der Waals surface area (Å²) in [6, 6.07) is 0.746. The largest absolute Gasteiger partial charge is 0.333 e. The fourth-order valence-corrected chi connectivity index (χ4v) is 2.62. The van der Waals surface area contributed by atoms with Gasteiger partial charge >= 0.3 is 0 Å². The van der Waals surface area contributed by atoms with Crippen molar-refractivity contribution in [3.63, 3.8) is 0 Å². The predicted molar refractivity (Wildman–Crippen MR) is 71.1 cm³/mol. The van der Waals surface area contributed by atoms with Crippen LogP contribution in [-0.2, 0) is 6.54 Å². The molecule has 96 valence electrons. The van der Waals surface area contributed by atoms with Crippen LogP contribution in [0.3, 0.4) is 0 Å². The van der Waals surface area contributed by atoms with Crippen molar-refractivity contribution in [1.82, 2.24) is 14.9 Å². The minimum absolute atomic E-state index is 0.746. The van der Waals surface area contributed by atoms with Crippen molar-refractivity contribution in [1.29, 1.82) is 0 Å². The highest BCUT2D eigenvalue weighted by molar-refractivity contribution is 5.08. The lowest BCUT2D eigenvalue weighted by Crippen LogP contribution is -2.34. The molecule has 1 N–H and O–H groups in total. The van der Waals surface area contributed by atoms with Gasteiger partial charge in [0.1, 0.15) is 0 Å². The van der Waals surface area contributed by atoms with E-state index in [9.17, 15) is 0 Å². The highest BCUT2D eigenvalue weighted by Gasteiger charge is 2.17. The fourth-order valence-electron chi connectivity index (χ4n) is 2.62. The summed E-state index contributed by atoms with van der Waals surface area (Å²) in [7, 11) is 0. The number of aromatic nitrogens is 2. The van der Waals surface area contributed by atoms with Gasteiger partial charge in [-0.25, -0.2) is 4.98 Å². The molecule has 0 radical (unpaired) electrons. The standard InChI is InChI=1S/C14H25N3/c1-11-4-6-14(7-5-11)15-8-9-17-10-16-12(2)13(17)3/h10-11,14-15H,4-9H2,1-3H3. The molecule has 0 bridgehead atoms. The third-order valence-corrected chi connectivity index (χ3v) is 4.15. The zero-order valence-corrected chi connectivity index (χ0v) is 11.4. The van der Waals surface area contributed by atoms with Gasteiger partial charge in [0, 0.05) is 24.8 Å². The molecule has 0 spiro atoms. The number of rotatable bonds is 4. The Labute approximate surface area is 105 Å². The first-order chi connectivity index (χ1) is 8.16. The van der Waals surface area contributed by atoms with E-state index in [-0.39, 0.29) is 0 Å². The second-order valence-corrected chi connectivity index (χ2v) is 5.52. The van der Waals surface area contributed by atoms with Gasteiger partial charge in [0.05, 0.1) is 12.0 Å². The van der Waals surface area contributed by atoms with E-state index in [4.69, 9.17) is 0 Å². The zero-order chi connectivity index (χ0) is 12.3. The molecule has 1 saturated carbocycles. The van der Waals surface area contributed by atoms with Gasteiger partial charge in [-0.15, -0.1) is 0 Å². The van der Waals surface area contributed by atoms with E-state index in [2.05, 4.69) is 35.6 Å². The molecule has 0 unspecified atom stereocenters. The van der Waals surface area contributed by atoms with Crippen LogP contribution >= 0.6 is 0 Å². The molecule has 1 heterocycles. The third kappa shape index (κ3) is 3.32. The first-order valence-electron chi connectivity index (χ1n) is 6.88. The summed E-state index contributed by atoms with van der Waals surface area (Å²) < 4.78 is 2.24. The molecule has 3 heteroatoms. The van der Waals surface area contributed by atoms with Crippen molar-refractivity contribution in [2.75, 3.05) is 6.54 Å². The molecule has 17 heavy (non-hydrogen) atoms. The lowest BCUT2D eigenvalue weighted by Gasteiger charge is -2.27. The van der Waals surface area contributed by atoms with Gasteiger partial charge < -0.3 is 9.88 Å². The summed E-state index contributed by atoms with van der Waals surface area (Å²) in [6.45, 7) is 8.69. The lowest BCUT2D eigenvalue weighted by molar-refractivity contribution is 0.305. The van der Waals surface area contributed by atoms with E-state index >= 15 is 0 Å². The summed E-state index contributed by atoms with van der Waals surface area (Å²) in [5.74, 6) is 0.937. The molecular weight excluding hydrogens is 210 g/mol. The summed E-state index contributed by atoms with van der Waals surface area (Å²) in [5, 5.41) is 3.68. The van der Waals surface area contributed by atoms with Crippen LogP contribution in [0.2, 0.25) is 0 Å². The molecule has 1 aliphatic carbocycles. The second kappa shape index (κ2) is 5.67. The molecule has 0 atom stereocenters. The third-order valence-electron chi connectivity index (χ3n) is 4.15. The van der Waals surface area contributed by atoms with Gasteiger partial charge in [0.15, 0.2) is 0 Å². The highest BCUT2D eigenvalue weighted by atomic mass is 15.1. The van der Waals surface area contributed by atoms with E-state index < -0.39 is 0 Å². The molecule has 1 fully saturated rings. The van der Waals surface area contributed by atoms with E-state index in [1.165, 1.54) is 31.4 Å². The van der Waals surface area contributed by atoms with E-state index in [0.717, 1.165) is 30.7 Å². The highest BCUT2D eigenvalue weighted by Crippen LogP contribution is 2.23. The molecule has 0 aromatic carbocycles. The minimum atomic E-state index is 0.746. The van der Waals surface area contributed by atoms with Gasteiger partial charge in [-0.05, 0) is 45.4 Å². The fraction of sp³-hybridized carbons (Fsp3) is 0.786. The first-order valence-corrected chi connectivity index (χ1v) is 6.88. The van der Waals surface area contributed by atoms with Gasteiger partial charge in [-0.2, -0.15) is 0 Å². The maximum absolute atomic E-state index is 4.33. The Kier molecular flexibility index (Phi) is 4.21. The molecule has 0 saturated heterocycles. The Morgan fingerprint density at radius 2 is 2.00 bits per heavy atom. The Hall–Kier alpha value is -0.830. The Balaban J connectivity index is 1.71. The molecule has 3 nitrogen and oxygen atoms in total. The maximum atomic E-state index is 4.33. The van der Waals surface area contributed by atoms with E-state index in [0.29, 0.717) is 0 Å². The monoisotopic (exact) mass is 235 g/mol. The molecule has 0 amide bonds. The summed E-state index contributed by atoms with van der Waals surface area (Å²) in [6.07, 6.45) is 7.43. The normalized spacial score (nSPS) is 25.1. The average molecular weight is 235 g/mol. The number of imidazole rings is 1. The number of hydrogen-bond acceptors (Lipinski definition) is 2. The van der Waals surface area contributed by atoms with Crippen molar-refractivity contribution in [3.05, 3.63) is 17.7 Å². The second-order valence-electron chi connectivity index (χ2n) is 5.52. The topological polar surface area (TPSA) is 29.9 Å². The van der Waals surface area contributed by atoms with E-state index in [1.54, 1.807) is 0 Å². The van der Waals surface area contributed by atoms with Crippen molar-refractivity contribution >= 4 is 0 Å². The Morgan fingerprint density at radius 1 is 1.29 bits per heavy atom. The number of hydrogen-bond donors (Lipinski definition) is 1. The molecule has 1 aliphatic rings. The van der Waals surface area contributed by atoms with Crippen LogP contribution < -0.4 is 5.32 Å². The van der Waals surface area contributed by atoms with Gasteiger partial charge in [-0.1, -0.05) is 6.92 Å². The molecular formula is C14H25N3. The van der Waals surface area contributed by atoms with Gasteiger partial charge in [0.2, 0.25) is 0 Å². The Morgan fingerprint density at radius 3 is 2.59 bits per heavy atom. The first kappa shape index (κ1) is 12.6.